The minimum Gasteiger partial charge on any atom is -0.268 e. The zero-order chi connectivity index (χ0) is 14.4. The Hall–Kier alpha value is -2.49. The second-order valence-electron chi connectivity index (χ2n) is 4.81. The van der Waals surface area contributed by atoms with Crippen molar-refractivity contribution in [3.63, 3.8) is 0 Å². The average Bonchev–Trinajstić information content (AvgIpc) is 2.70. The van der Waals surface area contributed by atoms with Gasteiger partial charge in [0.15, 0.2) is 0 Å². The van der Waals surface area contributed by atoms with Crippen molar-refractivity contribution in [3.8, 4) is 0 Å². The van der Waals surface area contributed by atoms with Crippen molar-refractivity contribution >= 4 is 17.5 Å². The molecule has 0 bridgehead atoms. The highest BCUT2D eigenvalue weighted by Gasteiger charge is 2.37. The molecule has 0 aromatic heterocycles. The van der Waals surface area contributed by atoms with Gasteiger partial charge in [0.1, 0.15) is 5.82 Å². The van der Waals surface area contributed by atoms with Crippen LogP contribution in [0.3, 0.4) is 0 Å². The molecule has 1 aliphatic heterocycles. The Kier molecular flexibility index (Phi) is 2.67. The molecule has 0 spiro atoms. The molecule has 0 atom stereocenters. The Labute approximate surface area is 115 Å². The van der Waals surface area contributed by atoms with E-state index in [1.807, 2.05) is 0 Å². The summed E-state index contributed by atoms with van der Waals surface area (Å²) in [4.78, 5) is 25.9. The fourth-order valence-electron chi connectivity index (χ4n) is 2.42. The smallest absolute Gasteiger partial charge is 0.266 e. The quantitative estimate of drug-likeness (QED) is 0.745. The number of carbonyl (C=O) groups excluding carboxylic acids is 2. The SMILES string of the molecule is Cc1c(F)ccc(N2C(=O)c3ccccc3C2=O)c1C. The minimum atomic E-state index is -0.361. The van der Waals surface area contributed by atoms with Gasteiger partial charge in [-0.3, -0.25) is 9.59 Å². The zero-order valence-corrected chi connectivity index (χ0v) is 11.1. The summed E-state index contributed by atoms with van der Waals surface area (Å²) in [6.45, 7) is 3.34. The van der Waals surface area contributed by atoms with Crippen LogP contribution in [0.2, 0.25) is 0 Å². The van der Waals surface area contributed by atoms with Gasteiger partial charge in [-0.2, -0.15) is 0 Å². The normalized spacial score (nSPS) is 13.8. The third-order valence-electron chi connectivity index (χ3n) is 3.73. The number of anilines is 1. The van der Waals surface area contributed by atoms with E-state index in [-0.39, 0.29) is 17.6 Å². The molecule has 0 unspecified atom stereocenters. The molecule has 2 amide bonds. The summed E-state index contributed by atoms with van der Waals surface area (Å²) in [6.07, 6.45) is 0. The molecule has 0 radical (unpaired) electrons. The second-order valence-corrected chi connectivity index (χ2v) is 4.81. The Morgan fingerprint density at radius 3 is 1.95 bits per heavy atom. The zero-order valence-electron chi connectivity index (χ0n) is 11.1. The van der Waals surface area contributed by atoms with Crippen LogP contribution in [0.4, 0.5) is 10.1 Å². The highest BCUT2D eigenvalue weighted by Crippen LogP contribution is 2.32. The van der Waals surface area contributed by atoms with Gasteiger partial charge in [-0.25, -0.2) is 9.29 Å². The van der Waals surface area contributed by atoms with Gasteiger partial charge in [-0.05, 0) is 49.2 Å². The fraction of sp³-hybridized carbons (Fsp3) is 0.125. The van der Waals surface area contributed by atoms with Gasteiger partial charge >= 0.3 is 0 Å². The van der Waals surface area contributed by atoms with Crippen LogP contribution in [-0.4, -0.2) is 11.8 Å². The van der Waals surface area contributed by atoms with Crippen LogP contribution in [0.25, 0.3) is 0 Å². The predicted octanol–water partition coefficient (Wildman–Crippen LogP) is 3.24. The molecular weight excluding hydrogens is 257 g/mol. The number of amides is 2. The Morgan fingerprint density at radius 2 is 1.40 bits per heavy atom. The number of rotatable bonds is 1. The van der Waals surface area contributed by atoms with E-state index in [0.717, 1.165) is 4.90 Å². The highest BCUT2D eigenvalue weighted by molar-refractivity contribution is 6.34. The van der Waals surface area contributed by atoms with Crippen molar-refractivity contribution in [1.82, 2.24) is 0 Å². The molecule has 1 heterocycles. The molecule has 2 aromatic rings. The first kappa shape index (κ1) is 12.5. The minimum absolute atomic E-state index is 0.345. The molecule has 0 saturated carbocycles. The number of nitrogens with zero attached hydrogens (tertiary/aromatic N) is 1. The van der Waals surface area contributed by atoms with Crippen molar-refractivity contribution in [3.05, 3.63) is 64.5 Å². The van der Waals surface area contributed by atoms with E-state index >= 15 is 0 Å². The van der Waals surface area contributed by atoms with Crippen LogP contribution in [0.1, 0.15) is 31.8 Å². The number of benzene rings is 2. The molecule has 3 rings (SSSR count). The molecular formula is C16H12FNO2. The second kappa shape index (κ2) is 4.27. The van der Waals surface area contributed by atoms with Gasteiger partial charge in [-0.15, -0.1) is 0 Å². The number of carbonyl (C=O) groups is 2. The van der Waals surface area contributed by atoms with Gasteiger partial charge < -0.3 is 0 Å². The van der Waals surface area contributed by atoms with Gasteiger partial charge in [0.2, 0.25) is 0 Å². The van der Waals surface area contributed by atoms with Gasteiger partial charge in [-0.1, -0.05) is 12.1 Å². The lowest BCUT2D eigenvalue weighted by molar-refractivity contribution is 0.0926. The maximum Gasteiger partial charge on any atom is 0.266 e. The van der Waals surface area contributed by atoms with Crippen molar-refractivity contribution in [2.24, 2.45) is 0 Å². The molecule has 0 N–H and O–H groups in total. The molecule has 1 aliphatic rings. The molecule has 20 heavy (non-hydrogen) atoms. The fourth-order valence-corrected chi connectivity index (χ4v) is 2.42. The predicted molar refractivity (Wildman–Crippen MR) is 73.5 cm³/mol. The van der Waals surface area contributed by atoms with Crippen LogP contribution in [0, 0.1) is 19.7 Å². The van der Waals surface area contributed by atoms with E-state index in [0.29, 0.717) is 27.9 Å². The van der Waals surface area contributed by atoms with Gasteiger partial charge in [0, 0.05) is 0 Å². The van der Waals surface area contributed by atoms with E-state index in [4.69, 9.17) is 0 Å². The lowest BCUT2D eigenvalue weighted by atomic mass is 10.1. The van der Waals surface area contributed by atoms with Crippen LogP contribution < -0.4 is 4.90 Å². The molecule has 4 heteroatoms. The third kappa shape index (κ3) is 1.58. The molecule has 100 valence electrons. The van der Waals surface area contributed by atoms with Gasteiger partial charge in [0.25, 0.3) is 11.8 Å². The largest absolute Gasteiger partial charge is 0.268 e. The number of hydrogen-bond donors (Lipinski definition) is 0. The summed E-state index contributed by atoms with van der Waals surface area (Å²) in [5, 5.41) is 0. The maximum absolute atomic E-state index is 13.5. The van der Waals surface area contributed by atoms with Gasteiger partial charge in [0.05, 0.1) is 16.8 Å². The van der Waals surface area contributed by atoms with Crippen molar-refractivity contribution in [2.75, 3.05) is 4.90 Å². The molecule has 0 aliphatic carbocycles. The number of imide groups is 1. The first-order valence-corrected chi connectivity index (χ1v) is 6.26. The first-order chi connectivity index (χ1) is 9.52. The monoisotopic (exact) mass is 269 g/mol. The summed E-state index contributed by atoms with van der Waals surface area (Å²) in [6, 6.07) is 9.44. The average molecular weight is 269 g/mol. The van der Waals surface area contributed by atoms with E-state index in [2.05, 4.69) is 0 Å². The van der Waals surface area contributed by atoms with Crippen LogP contribution in [-0.2, 0) is 0 Å². The van der Waals surface area contributed by atoms with Crippen LogP contribution in [0.15, 0.2) is 36.4 Å². The van der Waals surface area contributed by atoms with E-state index < -0.39 is 0 Å². The molecule has 2 aromatic carbocycles. The van der Waals surface area contributed by atoms with E-state index in [1.54, 1.807) is 38.1 Å². The van der Waals surface area contributed by atoms with Crippen LogP contribution in [0.5, 0.6) is 0 Å². The highest BCUT2D eigenvalue weighted by atomic mass is 19.1. The number of fused-ring (bicyclic) bond motifs is 1. The van der Waals surface area contributed by atoms with Crippen molar-refractivity contribution < 1.29 is 14.0 Å². The standard InChI is InChI=1S/C16H12FNO2/c1-9-10(2)14(8-7-13(9)17)18-15(19)11-5-3-4-6-12(11)16(18)20/h3-8H,1-2H3. The Balaban J connectivity index is 2.17. The van der Waals surface area contributed by atoms with E-state index in [9.17, 15) is 14.0 Å². The first-order valence-electron chi connectivity index (χ1n) is 6.26. The molecule has 3 nitrogen and oxygen atoms in total. The lowest BCUT2D eigenvalue weighted by Crippen LogP contribution is -2.30. The summed E-state index contributed by atoms with van der Waals surface area (Å²) in [5.74, 6) is -1.07. The maximum atomic E-state index is 13.5. The van der Waals surface area contributed by atoms with Crippen molar-refractivity contribution in [1.29, 1.82) is 0 Å². The number of hydrogen-bond acceptors (Lipinski definition) is 2. The summed E-state index contributed by atoms with van der Waals surface area (Å²) in [5.41, 5.74) is 2.26. The molecule has 0 saturated heterocycles. The van der Waals surface area contributed by atoms with Crippen LogP contribution >= 0.6 is 0 Å². The topological polar surface area (TPSA) is 37.4 Å². The summed E-state index contributed by atoms with van der Waals surface area (Å²) >= 11 is 0. The summed E-state index contributed by atoms with van der Waals surface area (Å²) < 4.78 is 13.5. The Morgan fingerprint density at radius 1 is 0.850 bits per heavy atom. The Bertz CT molecular complexity index is 717. The number of halogens is 1. The lowest BCUT2D eigenvalue weighted by Gasteiger charge is -2.18. The van der Waals surface area contributed by atoms with E-state index in [1.165, 1.54) is 12.1 Å². The summed E-state index contributed by atoms with van der Waals surface area (Å²) in [7, 11) is 0. The third-order valence-corrected chi connectivity index (χ3v) is 3.73. The van der Waals surface area contributed by atoms with Crippen molar-refractivity contribution in [2.45, 2.75) is 13.8 Å². The molecule has 0 fully saturated rings.